The Morgan fingerprint density at radius 1 is 0.750 bits per heavy atom. The lowest BCUT2D eigenvalue weighted by Crippen LogP contribution is -2.36. The predicted molar refractivity (Wildman–Crippen MR) is 131 cm³/mol. The van der Waals surface area contributed by atoms with Gasteiger partial charge >= 0.3 is 6.03 Å². The summed E-state index contributed by atoms with van der Waals surface area (Å²) in [5.41, 5.74) is 2.70. The van der Waals surface area contributed by atoms with Crippen LogP contribution in [0.3, 0.4) is 0 Å². The quantitative estimate of drug-likeness (QED) is 0.549. The smallest absolute Gasteiger partial charge is 0.323 e. The highest BCUT2D eigenvalue weighted by molar-refractivity contribution is 6.42. The lowest BCUT2D eigenvalue weighted by Gasteiger charge is -2.31. The number of nitrogens with one attached hydrogen (secondary N) is 2. The number of carbonyl (C=O) groups excluding carboxylic acids is 2. The predicted octanol–water partition coefficient (Wildman–Crippen LogP) is 6.25. The highest BCUT2D eigenvalue weighted by Gasteiger charge is 2.22. The molecule has 2 fully saturated rings. The van der Waals surface area contributed by atoms with E-state index in [1.807, 2.05) is 17.0 Å². The van der Waals surface area contributed by atoms with Gasteiger partial charge in [-0.2, -0.15) is 0 Å². The molecule has 4 rings (SSSR count). The van der Waals surface area contributed by atoms with Gasteiger partial charge in [0, 0.05) is 37.4 Å². The Labute approximate surface area is 198 Å². The van der Waals surface area contributed by atoms with Crippen LogP contribution in [0.2, 0.25) is 10.0 Å². The molecule has 0 unspecified atom stereocenters. The van der Waals surface area contributed by atoms with Crippen molar-refractivity contribution in [3.05, 3.63) is 52.0 Å². The zero-order valence-corrected chi connectivity index (χ0v) is 19.5. The second kappa shape index (κ2) is 10.5. The van der Waals surface area contributed by atoms with Gasteiger partial charge in [0.15, 0.2) is 0 Å². The molecule has 0 aliphatic carbocycles. The highest BCUT2D eigenvalue weighted by Crippen LogP contribution is 2.31. The molecule has 0 saturated carbocycles. The number of nitrogens with zero attached hydrogens (tertiary/aromatic N) is 2. The van der Waals surface area contributed by atoms with E-state index in [1.165, 1.54) is 12.8 Å². The number of rotatable bonds is 4. The normalized spacial score (nSPS) is 16.6. The average Bonchev–Trinajstić information content (AvgIpc) is 2.82. The Bertz CT molecular complexity index is 986. The van der Waals surface area contributed by atoms with Crippen LogP contribution in [0.4, 0.5) is 21.9 Å². The maximum absolute atomic E-state index is 13.0. The molecule has 32 heavy (non-hydrogen) atoms. The van der Waals surface area contributed by atoms with E-state index < -0.39 is 6.03 Å². The molecule has 3 amide bonds. The van der Waals surface area contributed by atoms with Gasteiger partial charge in [0.1, 0.15) is 0 Å². The minimum absolute atomic E-state index is 0.0165. The summed E-state index contributed by atoms with van der Waals surface area (Å²) in [6, 6.07) is 10.2. The first-order chi connectivity index (χ1) is 15.5. The average molecular weight is 475 g/mol. The number of carbonyl (C=O) groups is 2. The van der Waals surface area contributed by atoms with Crippen LogP contribution in [0.5, 0.6) is 0 Å². The molecule has 0 spiro atoms. The van der Waals surface area contributed by atoms with Crippen LogP contribution >= 0.6 is 23.2 Å². The van der Waals surface area contributed by atoms with Crippen molar-refractivity contribution in [2.45, 2.75) is 38.5 Å². The molecule has 8 heteroatoms. The monoisotopic (exact) mass is 474 g/mol. The maximum Gasteiger partial charge on any atom is 0.323 e. The summed E-state index contributed by atoms with van der Waals surface area (Å²) in [5, 5.41) is 6.54. The van der Waals surface area contributed by atoms with Crippen LogP contribution in [0.25, 0.3) is 0 Å². The molecule has 2 N–H and O–H groups in total. The fourth-order valence-electron chi connectivity index (χ4n) is 4.32. The first kappa shape index (κ1) is 22.7. The summed E-state index contributed by atoms with van der Waals surface area (Å²) < 4.78 is 0. The largest absolute Gasteiger partial charge is 0.370 e. The standard InChI is InChI=1S/C24H28Cl2N4O2/c25-19-9-8-18(16-20(19)26)27-24(32)28-21-15-17(23(31)30-13-5-2-6-14-30)7-10-22(21)29-11-3-1-4-12-29/h7-10,15-16H,1-6,11-14H2,(H2,27,28,32). The first-order valence-corrected chi connectivity index (χ1v) is 12.0. The van der Waals surface area contributed by atoms with Crippen LogP contribution < -0.4 is 15.5 Å². The molecule has 170 valence electrons. The Morgan fingerprint density at radius 3 is 2.12 bits per heavy atom. The molecule has 2 aromatic rings. The van der Waals surface area contributed by atoms with Crippen molar-refractivity contribution in [3.8, 4) is 0 Å². The van der Waals surface area contributed by atoms with Gasteiger partial charge in [0.2, 0.25) is 0 Å². The van der Waals surface area contributed by atoms with Gasteiger partial charge in [-0.15, -0.1) is 0 Å². The van der Waals surface area contributed by atoms with E-state index in [9.17, 15) is 9.59 Å². The number of piperidine rings is 2. The second-order valence-corrected chi connectivity index (χ2v) is 9.15. The molecule has 2 saturated heterocycles. The molecule has 2 heterocycles. The number of benzene rings is 2. The Morgan fingerprint density at radius 2 is 1.44 bits per heavy atom. The van der Waals surface area contributed by atoms with Crippen LogP contribution in [0, 0.1) is 0 Å². The Kier molecular flexibility index (Phi) is 7.43. The van der Waals surface area contributed by atoms with E-state index in [0.717, 1.165) is 57.5 Å². The zero-order chi connectivity index (χ0) is 22.5. The van der Waals surface area contributed by atoms with Gasteiger partial charge in [0.05, 0.1) is 21.4 Å². The molecule has 2 aromatic carbocycles. The number of amides is 3. The van der Waals surface area contributed by atoms with Crippen molar-refractivity contribution in [3.63, 3.8) is 0 Å². The number of hydrogen-bond donors (Lipinski definition) is 2. The van der Waals surface area contributed by atoms with Crippen molar-refractivity contribution >= 4 is 52.2 Å². The molecule has 2 aliphatic heterocycles. The van der Waals surface area contributed by atoms with Crippen molar-refractivity contribution < 1.29 is 9.59 Å². The summed E-state index contributed by atoms with van der Waals surface area (Å²) in [4.78, 5) is 30.0. The van der Waals surface area contributed by atoms with Crippen molar-refractivity contribution in [1.29, 1.82) is 0 Å². The zero-order valence-electron chi connectivity index (χ0n) is 18.0. The lowest BCUT2D eigenvalue weighted by molar-refractivity contribution is 0.0724. The summed E-state index contributed by atoms with van der Waals surface area (Å²) in [7, 11) is 0. The van der Waals surface area contributed by atoms with Gasteiger partial charge in [-0.25, -0.2) is 4.79 Å². The van der Waals surface area contributed by atoms with E-state index >= 15 is 0 Å². The molecule has 0 atom stereocenters. The van der Waals surface area contributed by atoms with Crippen molar-refractivity contribution in [2.24, 2.45) is 0 Å². The third kappa shape index (κ3) is 5.48. The number of urea groups is 1. The van der Waals surface area contributed by atoms with Crippen LogP contribution in [-0.2, 0) is 0 Å². The minimum atomic E-state index is -0.399. The first-order valence-electron chi connectivity index (χ1n) is 11.2. The summed E-state index contributed by atoms with van der Waals surface area (Å²) in [5.74, 6) is 0.0165. The molecule has 6 nitrogen and oxygen atoms in total. The third-order valence-corrected chi connectivity index (χ3v) is 6.75. The van der Waals surface area contributed by atoms with Crippen LogP contribution in [-0.4, -0.2) is 43.0 Å². The maximum atomic E-state index is 13.0. The topological polar surface area (TPSA) is 64.7 Å². The second-order valence-electron chi connectivity index (χ2n) is 8.34. The van der Waals surface area contributed by atoms with Crippen molar-refractivity contribution in [2.75, 3.05) is 41.7 Å². The Balaban J connectivity index is 1.56. The van der Waals surface area contributed by atoms with E-state index in [4.69, 9.17) is 23.2 Å². The SMILES string of the molecule is O=C(Nc1ccc(Cl)c(Cl)c1)Nc1cc(C(=O)N2CCCCC2)ccc1N1CCCCC1. The van der Waals surface area contributed by atoms with E-state index in [1.54, 1.807) is 24.3 Å². The van der Waals surface area contributed by atoms with Gasteiger partial charge in [-0.1, -0.05) is 23.2 Å². The van der Waals surface area contributed by atoms with Gasteiger partial charge in [-0.3, -0.25) is 4.79 Å². The fraction of sp³-hybridized carbons (Fsp3) is 0.417. The highest BCUT2D eigenvalue weighted by atomic mass is 35.5. The Hall–Kier alpha value is -2.44. The van der Waals surface area contributed by atoms with E-state index in [2.05, 4.69) is 15.5 Å². The molecular weight excluding hydrogens is 447 g/mol. The molecule has 2 aliphatic rings. The third-order valence-electron chi connectivity index (χ3n) is 6.01. The minimum Gasteiger partial charge on any atom is -0.370 e. The molecular formula is C24H28Cl2N4O2. The number of hydrogen-bond acceptors (Lipinski definition) is 3. The van der Waals surface area contributed by atoms with Gasteiger partial charge < -0.3 is 20.4 Å². The fourth-order valence-corrected chi connectivity index (χ4v) is 4.62. The van der Waals surface area contributed by atoms with Crippen LogP contribution in [0.15, 0.2) is 36.4 Å². The number of likely N-dealkylation sites (tertiary alicyclic amines) is 1. The van der Waals surface area contributed by atoms with Gasteiger partial charge in [-0.05, 0) is 74.9 Å². The lowest BCUT2D eigenvalue weighted by atomic mass is 10.1. The number of halogens is 2. The molecule has 0 bridgehead atoms. The molecule has 0 radical (unpaired) electrons. The van der Waals surface area contributed by atoms with Crippen LogP contribution in [0.1, 0.15) is 48.9 Å². The van der Waals surface area contributed by atoms with Gasteiger partial charge in [0.25, 0.3) is 5.91 Å². The van der Waals surface area contributed by atoms with Crippen molar-refractivity contribution in [1.82, 2.24) is 4.90 Å². The number of anilines is 3. The summed E-state index contributed by atoms with van der Waals surface area (Å²) in [6.07, 6.45) is 6.68. The summed E-state index contributed by atoms with van der Waals surface area (Å²) >= 11 is 12.0. The van der Waals surface area contributed by atoms with E-state index in [-0.39, 0.29) is 5.91 Å². The molecule has 0 aromatic heterocycles. The van der Waals surface area contributed by atoms with E-state index in [0.29, 0.717) is 27.0 Å². The summed E-state index contributed by atoms with van der Waals surface area (Å²) in [6.45, 7) is 3.44.